The number of imidazole rings is 1. The van der Waals surface area contributed by atoms with Gasteiger partial charge in [-0.25, -0.2) is 4.98 Å². The molecule has 0 radical (unpaired) electrons. The Balaban J connectivity index is 1.84. The Kier molecular flexibility index (Phi) is 3.58. The molecule has 9 nitrogen and oxygen atoms in total. The Morgan fingerprint density at radius 1 is 1.45 bits per heavy atom. The summed E-state index contributed by atoms with van der Waals surface area (Å²) in [5.74, 6) is 5.08. The number of nitrogens with two attached hydrogens (primary N) is 1. The van der Waals surface area contributed by atoms with Crippen LogP contribution in [0.3, 0.4) is 0 Å². The van der Waals surface area contributed by atoms with Crippen molar-refractivity contribution in [1.82, 2.24) is 19.4 Å². The van der Waals surface area contributed by atoms with Crippen LogP contribution in [0, 0.1) is 18.8 Å². The lowest BCUT2D eigenvalue weighted by molar-refractivity contribution is 0.0765. The van der Waals surface area contributed by atoms with E-state index in [9.17, 15) is 14.7 Å². The Morgan fingerprint density at radius 2 is 2.28 bits per heavy atom. The zero-order valence-electron chi connectivity index (χ0n) is 15.5. The first kappa shape index (κ1) is 17.5. The van der Waals surface area contributed by atoms with Gasteiger partial charge in [-0.3, -0.25) is 14.0 Å². The van der Waals surface area contributed by atoms with Crippen molar-refractivity contribution in [1.29, 1.82) is 0 Å². The zero-order chi connectivity index (χ0) is 20.3. The summed E-state index contributed by atoms with van der Waals surface area (Å²) in [4.78, 5) is 35.1. The maximum atomic E-state index is 12.3. The average Bonchev–Trinajstić information content (AvgIpc) is 3.36. The molecule has 146 valence electrons. The number of primary amides is 1. The van der Waals surface area contributed by atoms with Crippen LogP contribution in [-0.4, -0.2) is 49.2 Å². The molecule has 0 saturated carbocycles. The van der Waals surface area contributed by atoms with E-state index in [0.717, 1.165) is 5.56 Å². The van der Waals surface area contributed by atoms with Crippen LogP contribution in [0.4, 0.5) is 0 Å². The number of carbonyl (C=O) groups is 1. The number of aliphatic hydroxyl groups is 1. The van der Waals surface area contributed by atoms with E-state index in [4.69, 9.17) is 10.5 Å². The molecule has 1 unspecified atom stereocenters. The van der Waals surface area contributed by atoms with Gasteiger partial charge in [0.2, 0.25) is 5.43 Å². The number of ether oxygens (including phenoxy) is 1. The van der Waals surface area contributed by atoms with Gasteiger partial charge in [0.05, 0.1) is 24.2 Å². The molecule has 0 aliphatic carbocycles. The highest BCUT2D eigenvalue weighted by molar-refractivity contribution is 6.12. The van der Waals surface area contributed by atoms with Crippen LogP contribution in [-0.2, 0) is 4.74 Å². The lowest BCUT2D eigenvalue weighted by Crippen LogP contribution is -2.26. The molecule has 3 aromatic heterocycles. The first-order valence-corrected chi connectivity index (χ1v) is 9.06. The number of H-pyrrole nitrogens is 2. The standard InChI is InChI=1S/C20H17N5O4/c1-10-2-3-12(26)14-16(10)25-18(24-14)13(17(21)27)15-19(25)23-11(8-22-15)4-5-20(28)6-7-29-9-20/h2-3,8,22-23,28H,6-7,9H2,1H3,(H2,21,27). The van der Waals surface area contributed by atoms with Gasteiger partial charge in [0.1, 0.15) is 22.4 Å². The van der Waals surface area contributed by atoms with Gasteiger partial charge in [0.25, 0.3) is 5.91 Å². The molecule has 0 bridgehead atoms. The monoisotopic (exact) mass is 391 g/mol. The number of fused-ring (bicyclic) bond motifs is 5. The molecular weight excluding hydrogens is 374 g/mol. The predicted molar refractivity (Wildman–Crippen MR) is 106 cm³/mol. The summed E-state index contributed by atoms with van der Waals surface area (Å²) in [6.07, 6.45) is 2.03. The number of aromatic nitrogens is 4. The number of aromatic amines is 2. The minimum atomic E-state index is -1.18. The Hall–Kier alpha value is -3.61. The average molecular weight is 391 g/mol. The van der Waals surface area contributed by atoms with Crippen LogP contribution in [0.15, 0.2) is 23.1 Å². The van der Waals surface area contributed by atoms with E-state index in [2.05, 4.69) is 26.8 Å². The van der Waals surface area contributed by atoms with Crippen molar-refractivity contribution < 1.29 is 14.6 Å². The SMILES string of the molecule is Cc1ccc(=O)c2nc3c(C(N)=O)c4[nH]cc(C#CC5(O)CCOC5)[nH]c4n3c12. The van der Waals surface area contributed by atoms with E-state index in [1.54, 1.807) is 16.7 Å². The smallest absolute Gasteiger partial charge is 0.254 e. The summed E-state index contributed by atoms with van der Waals surface area (Å²) in [7, 11) is 0. The number of carbonyl (C=O) groups excluding carboxylic acids is 1. The number of aryl methyl sites for hydroxylation is 1. The molecule has 0 spiro atoms. The second-order valence-corrected chi connectivity index (χ2v) is 7.22. The van der Waals surface area contributed by atoms with Crippen molar-refractivity contribution >= 4 is 33.8 Å². The van der Waals surface area contributed by atoms with Crippen LogP contribution in [0.2, 0.25) is 0 Å². The van der Waals surface area contributed by atoms with Crippen molar-refractivity contribution in [2.24, 2.45) is 5.73 Å². The van der Waals surface area contributed by atoms with Crippen molar-refractivity contribution in [3.8, 4) is 11.8 Å². The Morgan fingerprint density at radius 3 is 3.00 bits per heavy atom. The molecule has 5 rings (SSSR count). The van der Waals surface area contributed by atoms with E-state index >= 15 is 0 Å². The fraction of sp³-hybridized carbons (Fsp3) is 0.250. The summed E-state index contributed by atoms with van der Waals surface area (Å²) in [6.45, 7) is 2.49. The molecule has 1 saturated heterocycles. The van der Waals surface area contributed by atoms with Crippen LogP contribution in [0.25, 0.3) is 27.8 Å². The molecular formula is C20H17N5O4. The highest BCUT2D eigenvalue weighted by atomic mass is 16.5. The maximum absolute atomic E-state index is 12.3. The normalized spacial score (nSPS) is 19.1. The lowest BCUT2D eigenvalue weighted by Gasteiger charge is -2.10. The highest BCUT2D eigenvalue weighted by Gasteiger charge is 2.30. The van der Waals surface area contributed by atoms with Crippen LogP contribution >= 0.6 is 0 Å². The van der Waals surface area contributed by atoms with Crippen molar-refractivity contribution in [2.75, 3.05) is 13.2 Å². The number of amides is 1. The summed E-state index contributed by atoms with van der Waals surface area (Å²) < 4.78 is 6.91. The summed E-state index contributed by atoms with van der Waals surface area (Å²) >= 11 is 0. The van der Waals surface area contributed by atoms with Crippen molar-refractivity contribution in [3.05, 3.63) is 45.4 Å². The molecule has 1 aliphatic heterocycles. The third kappa shape index (κ3) is 2.54. The molecule has 1 amide bonds. The predicted octanol–water partition coefficient (Wildman–Crippen LogP) is 0.567. The van der Waals surface area contributed by atoms with E-state index in [0.29, 0.717) is 41.0 Å². The van der Waals surface area contributed by atoms with Gasteiger partial charge in [0, 0.05) is 12.6 Å². The van der Waals surface area contributed by atoms with Crippen molar-refractivity contribution in [2.45, 2.75) is 18.9 Å². The Labute approximate surface area is 163 Å². The van der Waals surface area contributed by atoms with Gasteiger partial charge in [-0.15, -0.1) is 0 Å². The van der Waals surface area contributed by atoms with Gasteiger partial charge in [-0.05, 0) is 24.5 Å². The number of hydrogen-bond donors (Lipinski definition) is 4. The molecule has 1 fully saturated rings. The quantitative estimate of drug-likeness (QED) is 0.351. The molecule has 4 heterocycles. The first-order valence-electron chi connectivity index (χ1n) is 9.06. The largest absolute Gasteiger partial charge is 0.377 e. The topological polar surface area (TPSA) is 138 Å². The number of benzene rings is 1. The molecule has 5 N–H and O–H groups in total. The molecule has 1 aromatic carbocycles. The lowest BCUT2D eigenvalue weighted by atomic mass is 10.0. The third-order valence-electron chi connectivity index (χ3n) is 5.19. The van der Waals surface area contributed by atoms with Crippen LogP contribution in [0.1, 0.15) is 28.0 Å². The Bertz CT molecular complexity index is 1440. The van der Waals surface area contributed by atoms with Crippen LogP contribution in [0.5, 0.6) is 0 Å². The van der Waals surface area contributed by atoms with Gasteiger partial charge < -0.3 is 25.5 Å². The number of nitrogens with one attached hydrogen (secondary N) is 2. The zero-order valence-corrected chi connectivity index (χ0v) is 15.5. The summed E-state index contributed by atoms with van der Waals surface area (Å²) in [5, 5.41) is 10.4. The van der Waals surface area contributed by atoms with Gasteiger partial charge in [-0.2, -0.15) is 0 Å². The highest BCUT2D eigenvalue weighted by Crippen LogP contribution is 2.28. The molecule has 1 aliphatic rings. The van der Waals surface area contributed by atoms with E-state index in [1.165, 1.54) is 6.07 Å². The summed E-state index contributed by atoms with van der Waals surface area (Å²) in [5.41, 5.74) is 7.83. The second-order valence-electron chi connectivity index (χ2n) is 7.22. The molecule has 9 heteroatoms. The second kappa shape index (κ2) is 5.94. The minimum Gasteiger partial charge on any atom is -0.377 e. The van der Waals surface area contributed by atoms with Gasteiger partial charge in [-0.1, -0.05) is 12.0 Å². The van der Waals surface area contributed by atoms with E-state index < -0.39 is 11.5 Å². The maximum Gasteiger partial charge on any atom is 0.254 e. The van der Waals surface area contributed by atoms with Crippen LogP contribution < -0.4 is 11.2 Å². The first-order chi connectivity index (χ1) is 13.9. The number of nitrogens with zero attached hydrogens (tertiary/aromatic N) is 2. The molecule has 29 heavy (non-hydrogen) atoms. The number of rotatable bonds is 1. The fourth-order valence-corrected chi connectivity index (χ4v) is 3.75. The van der Waals surface area contributed by atoms with Gasteiger partial charge >= 0.3 is 0 Å². The van der Waals surface area contributed by atoms with E-state index in [-0.39, 0.29) is 23.1 Å². The number of hydrogen-bond acceptors (Lipinski definition) is 5. The van der Waals surface area contributed by atoms with Gasteiger partial charge in [0.15, 0.2) is 11.2 Å². The van der Waals surface area contributed by atoms with Crippen molar-refractivity contribution in [3.63, 3.8) is 0 Å². The molecule has 4 aromatic rings. The summed E-state index contributed by atoms with van der Waals surface area (Å²) in [6, 6.07) is 3.16. The van der Waals surface area contributed by atoms with E-state index in [1.807, 2.05) is 6.92 Å². The third-order valence-corrected chi connectivity index (χ3v) is 5.19. The minimum absolute atomic E-state index is 0.163. The molecule has 1 atom stereocenters. The fourth-order valence-electron chi connectivity index (χ4n) is 3.75.